The zero-order chi connectivity index (χ0) is 7.66. The first-order chi connectivity index (χ1) is 4.91. The topological polar surface area (TPSA) is 24.4 Å². The molecule has 2 nitrogen and oxygen atoms in total. The van der Waals surface area contributed by atoms with Gasteiger partial charge in [0, 0.05) is 25.7 Å². The lowest BCUT2D eigenvalue weighted by Crippen LogP contribution is -1.89. The van der Waals surface area contributed by atoms with Crippen LogP contribution in [0.1, 0.15) is 0 Å². The zero-order valence-corrected chi connectivity index (χ0v) is 6.12. The molecule has 0 aliphatic heterocycles. The van der Waals surface area contributed by atoms with Gasteiger partial charge in [0.05, 0.1) is 0 Å². The molecule has 0 rings (SSSR count). The Morgan fingerprint density at radius 3 is 2.80 bits per heavy atom. The lowest BCUT2D eigenvalue weighted by Gasteiger charge is -1.78. The van der Waals surface area contributed by atoms with Crippen LogP contribution in [0.3, 0.4) is 0 Å². The molecule has 0 radical (unpaired) electrons. The monoisotopic (exact) mass is 136 g/mol. The molecule has 0 saturated heterocycles. The first kappa shape index (κ1) is 8.69. The van der Waals surface area contributed by atoms with Crippen molar-refractivity contribution in [2.24, 2.45) is 4.99 Å². The van der Waals surface area contributed by atoms with E-state index >= 15 is 0 Å². The van der Waals surface area contributed by atoms with Crippen LogP contribution in [-0.4, -0.2) is 13.3 Å². The molecule has 10 heavy (non-hydrogen) atoms. The van der Waals surface area contributed by atoms with E-state index in [1.807, 2.05) is 19.2 Å². The molecular weight excluding hydrogens is 124 g/mol. The molecule has 0 heterocycles. The van der Waals surface area contributed by atoms with Crippen LogP contribution in [0, 0.1) is 0 Å². The van der Waals surface area contributed by atoms with E-state index in [1.54, 1.807) is 24.7 Å². The Kier molecular flexibility index (Phi) is 6.68. The van der Waals surface area contributed by atoms with Gasteiger partial charge in [0.2, 0.25) is 0 Å². The predicted octanol–water partition coefficient (Wildman–Crippen LogP) is 1.49. The van der Waals surface area contributed by atoms with E-state index in [9.17, 15) is 0 Å². The molecule has 2 heteroatoms. The number of aliphatic imine (C=N–C) groups is 1. The molecule has 0 aromatic heterocycles. The predicted molar refractivity (Wildman–Crippen MR) is 46.0 cm³/mol. The van der Waals surface area contributed by atoms with Gasteiger partial charge in [0.1, 0.15) is 0 Å². The Bertz CT molecular complexity index is 155. The average Bonchev–Trinajstić information content (AvgIpc) is 1.97. The third-order valence-electron chi connectivity index (χ3n) is 0.747. The molecule has 0 aliphatic carbocycles. The highest BCUT2D eigenvalue weighted by molar-refractivity contribution is 5.71. The van der Waals surface area contributed by atoms with Crippen LogP contribution in [0.25, 0.3) is 0 Å². The highest BCUT2D eigenvalue weighted by Crippen LogP contribution is 1.71. The third kappa shape index (κ3) is 6.69. The number of hydrogen-bond donors (Lipinski definition) is 1. The van der Waals surface area contributed by atoms with Gasteiger partial charge < -0.3 is 5.32 Å². The van der Waals surface area contributed by atoms with Gasteiger partial charge in [-0.2, -0.15) is 0 Å². The van der Waals surface area contributed by atoms with E-state index in [1.165, 1.54) is 0 Å². The molecule has 0 spiro atoms. The lowest BCUT2D eigenvalue weighted by atomic mass is 10.5. The van der Waals surface area contributed by atoms with Crippen molar-refractivity contribution >= 4 is 6.21 Å². The van der Waals surface area contributed by atoms with Crippen molar-refractivity contribution in [2.45, 2.75) is 0 Å². The van der Waals surface area contributed by atoms with Crippen molar-refractivity contribution in [3.8, 4) is 0 Å². The van der Waals surface area contributed by atoms with Crippen LogP contribution < -0.4 is 5.32 Å². The van der Waals surface area contributed by atoms with Crippen LogP contribution in [-0.2, 0) is 0 Å². The second-order valence-electron chi connectivity index (χ2n) is 1.52. The minimum atomic E-state index is 1.67. The van der Waals surface area contributed by atoms with E-state index in [-0.39, 0.29) is 0 Å². The summed E-state index contributed by atoms with van der Waals surface area (Å²) < 4.78 is 0. The quantitative estimate of drug-likeness (QED) is 0.459. The highest BCUT2D eigenvalue weighted by Gasteiger charge is 1.59. The molecule has 0 unspecified atom stereocenters. The van der Waals surface area contributed by atoms with Gasteiger partial charge in [-0.1, -0.05) is 18.7 Å². The van der Waals surface area contributed by atoms with Crippen molar-refractivity contribution in [3.63, 3.8) is 0 Å². The molecule has 0 saturated carbocycles. The van der Waals surface area contributed by atoms with E-state index in [0.29, 0.717) is 0 Å². The summed E-state index contributed by atoms with van der Waals surface area (Å²) in [6.07, 6.45) is 10.4. The van der Waals surface area contributed by atoms with Gasteiger partial charge in [-0.05, 0) is 6.08 Å². The largest absolute Gasteiger partial charge is 0.393 e. The number of rotatable bonds is 4. The lowest BCUT2D eigenvalue weighted by molar-refractivity contribution is 1.09. The molecule has 0 amide bonds. The average molecular weight is 136 g/mol. The fraction of sp³-hybridized carbons (Fsp3) is 0.125. The van der Waals surface area contributed by atoms with Gasteiger partial charge in [-0.3, -0.25) is 4.99 Å². The Labute approximate surface area is 61.7 Å². The maximum atomic E-state index is 3.90. The Morgan fingerprint density at radius 1 is 1.40 bits per heavy atom. The van der Waals surface area contributed by atoms with Gasteiger partial charge >= 0.3 is 0 Å². The normalized spacial score (nSPS) is 11.7. The van der Waals surface area contributed by atoms with Crippen LogP contribution >= 0.6 is 0 Å². The van der Waals surface area contributed by atoms with E-state index < -0.39 is 0 Å². The van der Waals surface area contributed by atoms with Crippen LogP contribution in [0.15, 0.2) is 42.2 Å². The minimum absolute atomic E-state index is 1.67. The summed E-state index contributed by atoms with van der Waals surface area (Å²) in [4.78, 5) is 3.90. The number of hydrogen-bond acceptors (Lipinski definition) is 2. The van der Waals surface area contributed by atoms with Gasteiger partial charge in [0.15, 0.2) is 0 Å². The molecule has 1 N–H and O–H groups in total. The van der Waals surface area contributed by atoms with E-state index in [0.717, 1.165) is 0 Å². The Balaban J connectivity index is 3.46. The second kappa shape index (κ2) is 7.69. The smallest absolute Gasteiger partial charge is 0.0424 e. The van der Waals surface area contributed by atoms with Crippen LogP contribution in [0.4, 0.5) is 0 Å². The summed E-state index contributed by atoms with van der Waals surface area (Å²) in [5, 5.41) is 2.82. The summed E-state index contributed by atoms with van der Waals surface area (Å²) >= 11 is 0. The summed E-state index contributed by atoms with van der Waals surface area (Å²) in [6, 6.07) is 0. The van der Waals surface area contributed by atoms with E-state index in [4.69, 9.17) is 0 Å². The van der Waals surface area contributed by atoms with Crippen LogP contribution in [0.5, 0.6) is 0 Å². The highest BCUT2D eigenvalue weighted by atomic mass is 14.8. The number of allylic oxidation sites excluding steroid dienone is 3. The SMILES string of the molecule is C=C\C=C/C=N\C=C/NC. The molecule has 0 aromatic carbocycles. The molecule has 54 valence electrons. The molecular formula is C8H12N2. The van der Waals surface area contributed by atoms with E-state index in [2.05, 4.69) is 16.9 Å². The molecule has 0 fully saturated rings. The van der Waals surface area contributed by atoms with Crippen LogP contribution in [0.2, 0.25) is 0 Å². The standard InChI is InChI=1S/C8H12N2/c1-3-4-5-6-10-8-7-9-2/h3-9H,1H2,2H3/b5-4-,8-7-,10-6-. The molecule has 0 aromatic rings. The fourth-order valence-corrected chi connectivity index (χ4v) is 0.345. The summed E-state index contributed by atoms with van der Waals surface area (Å²) in [5.74, 6) is 0. The van der Waals surface area contributed by atoms with Gasteiger partial charge in [-0.25, -0.2) is 0 Å². The van der Waals surface area contributed by atoms with Crippen molar-refractivity contribution < 1.29 is 0 Å². The number of nitrogens with one attached hydrogen (secondary N) is 1. The van der Waals surface area contributed by atoms with Crippen molar-refractivity contribution in [1.29, 1.82) is 0 Å². The molecule has 0 atom stereocenters. The second-order valence-corrected chi connectivity index (χ2v) is 1.52. The third-order valence-corrected chi connectivity index (χ3v) is 0.747. The minimum Gasteiger partial charge on any atom is -0.393 e. The van der Waals surface area contributed by atoms with Crippen molar-refractivity contribution in [3.05, 3.63) is 37.2 Å². The van der Waals surface area contributed by atoms with Crippen molar-refractivity contribution in [1.82, 2.24) is 5.32 Å². The molecule has 0 bridgehead atoms. The molecule has 0 aliphatic rings. The fourth-order valence-electron chi connectivity index (χ4n) is 0.345. The number of nitrogens with zero attached hydrogens (tertiary/aromatic N) is 1. The van der Waals surface area contributed by atoms with Crippen molar-refractivity contribution in [2.75, 3.05) is 7.05 Å². The van der Waals surface area contributed by atoms with Gasteiger partial charge in [0.25, 0.3) is 0 Å². The maximum absolute atomic E-state index is 3.90. The first-order valence-corrected chi connectivity index (χ1v) is 3.05. The summed E-state index contributed by atoms with van der Waals surface area (Å²) in [6.45, 7) is 3.52. The van der Waals surface area contributed by atoms with Gasteiger partial charge in [-0.15, -0.1) is 0 Å². The summed E-state index contributed by atoms with van der Waals surface area (Å²) in [7, 11) is 1.82. The Morgan fingerprint density at radius 2 is 2.20 bits per heavy atom. The first-order valence-electron chi connectivity index (χ1n) is 3.05. The summed E-state index contributed by atoms with van der Waals surface area (Å²) in [5.41, 5.74) is 0. The Hall–Kier alpha value is -1.31. The zero-order valence-electron chi connectivity index (χ0n) is 6.12. The maximum Gasteiger partial charge on any atom is 0.0424 e.